The molecule has 1 aliphatic carbocycles. The summed E-state index contributed by atoms with van der Waals surface area (Å²) in [6, 6.07) is 87.8. The van der Waals surface area contributed by atoms with Crippen LogP contribution in [0.3, 0.4) is 0 Å². The van der Waals surface area contributed by atoms with Crippen molar-refractivity contribution in [1.82, 2.24) is 4.57 Å². The van der Waals surface area contributed by atoms with Crippen LogP contribution >= 0.6 is 0 Å². The van der Waals surface area contributed by atoms with Gasteiger partial charge in [-0.15, -0.1) is 0 Å². The van der Waals surface area contributed by atoms with Gasteiger partial charge in [0.1, 0.15) is 11.2 Å². The van der Waals surface area contributed by atoms with Crippen molar-refractivity contribution in [2.24, 2.45) is 9.98 Å². The van der Waals surface area contributed by atoms with E-state index in [0.717, 1.165) is 72.4 Å². The summed E-state index contributed by atoms with van der Waals surface area (Å²) in [6.45, 7) is 0. The number of aromatic nitrogens is 1. The van der Waals surface area contributed by atoms with Crippen LogP contribution in [-0.4, -0.2) is 16.0 Å². The third-order valence-electron chi connectivity index (χ3n) is 14.6. The molecule has 0 saturated carbocycles. The van der Waals surface area contributed by atoms with Crippen molar-refractivity contribution in [2.75, 3.05) is 0 Å². The molecular formula is C65H43N3O. The maximum absolute atomic E-state index is 6.63. The lowest BCUT2D eigenvalue weighted by atomic mass is 9.67. The maximum atomic E-state index is 6.63. The van der Waals surface area contributed by atoms with Crippen LogP contribution in [0.5, 0.6) is 0 Å². The quantitative estimate of drug-likeness (QED) is 0.157. The molecule has 2 aromatic heterocycles. The molecule has 2 aliphatic rings. The van der Waals surface area contributed by atoms with E-state index in [9.17, 15) is 0 Å². The Labute approximate surface area is 399 Å². The maximum Gasteiger partial charge on any atom is 0.166 e. The van der Waals surface area contributed by atoms with Crippen molar-refractivity contribution in [3.8, 4) is 27.9 Å². The van der Waals surface area contributed by atoms with Crippen LogP contribution in [0.4, 0.5) is 0 Å². The van der Waals surface area contributed by atoms with E-state index in [-0.39, 0.29) is 0 Å². The van der Waals surface area contributed by atoms with Gasteiger partial charge in [0, 0.05) is 44.8 Å². The lowest BCUT2D eigenvalue weighted by Gasteiger charge is -2.33. The van der Waals surface area contributed by atoms with Gasteiger partial charge in [-0.1, -0.05) is 200 Å². The predicted molar refractivity (Wildman–Crippen MR) is 284 cm³/mol. The molecule has 0 atom stereocenters. The molecule has 324 valence electrons. The van der Waals surface area contributed by atoms with Crippen LogP contribution in [-0.2, 0) is 5.41 Å². The van der Waals surface area contributed by atoms with Gasteiger partial charge in [-0.25, -0.2) is 0 Å². The first-order valence-corrected chi connectivity index (χ1v) is 23.8. The summed E-state index contributed by atoms with van der Waals surface area (Å²) in [5.74, 6) is 0. The van der Waals surface area contributed by atoms with Crippen molar-refractivity contribution >= 4 is 55.2 Å². The molecule has 1 aliphatic heterocycles. The van der Waals surface area contributed by atoms with Gasteiger partial charge in [0.05, 0.1) is 27.9 Å². The van der Waals surface area contributed by atoms with Crippen LogP contribution in [0.2, 0.25) is 0 Å². The van der Waals surface area contributed by atoms with Crippen LogP contribution < -0.4 is 0 Å². The van der Waals surface area contributed by atoms with Gasteiger partial charge in [-0.2, -0.15) is 0 Å². The molecule has 0 fully saturated rings. The SMILES string of the molecule is c1ccc(C2=NC(c3cccc4oc5ccc(-c6ccc7c(c6)c6ccc8c(c6n7-c6ccccc6)-c6ccccc6C8(c6ccccc6)c6ccccc6)cc5c34)N=C(c3ccccc3)C2)cc1. The molecule has 0 unspecified atom stereocenters. The van der Waals surface area contributed by atoms with Crippen LogP contribution in [0.15, 0.2) is 257 Å². The zero-order valence-electron chi connectivity index (χ0n) is 37.6. The molecule has 12 aromatic rings. The summed E-state index contributed by atoms with van der Waals surface area (Å²) in [6.07, 6.45) is 0.225. The van der Waals surface area contributed by atoms with E-state index in [1.807, 2.05) is 0 Å². The Morgan fingerprint density at radius 2 is 1.01 bits per heavy atom. The predicted octanol–water partition coefficient (Wildman–Crippen LogP) is 16.1. The highest BCUT2D eigenvalue weighted by Gasteiger charge is 2.47. The monoisotopic (exact) mass is 881 g/mol. The standard InChI is InChI=1S/C65H43N3O/c1-6-19-42(20-7-1)56-41-57(43-21-8-2-9-22-43)67-64(66-56)51-30-18-32-60-61(51)53-40-45(34-38-59(53)69-60)44-33-37-58-52(39-44)49-35-36-55-62(63(49)68(58)48-27-14-5-15-28-48)50-29-16-17-31-54(50)65(55,46-23-10-3-11-24-46)47-25-12-4-13-26-47/h1-40,64H,41H2. The van der Waals surface area contributed by atoms with E-state index in [2.05, 4.69) is 247 Å². The molecule has 0 amide bonds. The third kappa shape index (κ3) is 6.02. The number of furan rings is 1. The highest BCUT2D eigenvalue weighted by atomic mass is 16.3. The lowest BCUT2D eigenvalue weighted by Crippen LogP contribution is -2.28. The van der Waals surface area contributed by atoms with Gasteiger partial charge in [-0.3, -0.25) is 9.98 Å². The van der Waals surface area contributed by atoms with Gasteiger partial charge in [0.25, 0.3) is 0 Å². The summed E-state index contributed by atoms with van der Waals surface area (Å²) in [4.78, 5) is 10.7. The minimum absolute atomic E-state index is 0.438. The number of hydrogen-bond donors (Lipinski definition) is 0. The van der Waals surface area contributed by atoms with Gasteiger partial charge in [-0.05, 0) is 92.5 Å². The van der Waals surface area contributed by atoms with Gasteiger partial charge < -0.3 is 8.98 Å². The fraction of sp³-hybridized carbons (Fsp3) is 0.0462. The third-order valence-corrected chi connectivity index (χ3v) is 14.6. The summed E-state index contributed by atoms with van der Waals surface area (Å²) >= 11 is 0. The van der Waals surface area contributed by atoms with Crippen molar-refractivity contribution in [3.63, 3.8) is 0 Å². The smallest absolute Gasteiger partial charge is 0.166 e. The number of rotatable bonds is 7. The zero-order chi connectivity index (χ0) is 45.5. The molecule has 0 bridgehead atoms. The highest BCUT2D eigenvalue weighted by Crippen LogP contribution is 2.58. The molecule has 14 rings (SSSR count). The molecule has 69 heavy (non-hydrogen) atoms. The molecule has 0 radical (unpaired) electrons. The minimum Gasteiger partial charge on any atom is -0.456 e. The summed E-state index contributed by atoms with van der Waals surface area (Å²) in [7, 11) is 0. The van der Waals surface area contributed by atoms with E-state index >= 15 is 0 Å². The molecule has 10 aromatic carbocycles. The first-order valence-electron chi connectivity index (χ1n) is 23.8. The number of aliphatic imine (C=N–C) groups is 2. The van der Waals surface area contributed by atoms with Gasteiger partial charge in [0.15, 0.2) is 6.17 Å². The summed E-state index contributed by atoms with van der Waals surface area (Å²) in [5.41, 5.74) is 19.9. The van der Waals surface area contributed by atoms with Crippen molar-refractivity contribution in [1.29, 1.82) is 0 Å². The Hall–Kier alpha value is -8.86. The second kappa shape index (κ2) is 15.6. The molecule has 3 heterocycles. The number of hydrogen-bond acceptors (Lipinski definition) is 3. The Morgan fingerprint density at radius 1 is 0.435 bits per heavy atom. The fourth-order valence-corrected chi connectivity index (χ4v) is 11.6. The molecule has 0 N–H and O–H groups in total. The average Bonchev–Trinajstić information content (AvgIpc) is 4.08. The van der Waals surface area contributed by atoms with E-state index < -0.39 is 11.6 Å². The first-order chi connectivity index (χ1) is 34.2. The Bertz CT molecular complexity index is 3920. The normalized spacial score (nSPS) is 14.3. The number of fused-ring (bicyclic) bond motifs is 10. The zero-order valence-corrected chi connectivity index (χ0v) is 37.6. The van der Waals surface area contributed by atoms with E-state index in [0.29, 0.717) is 6.42 Å². The van der Waals surface area contributed by atoms with E-state index in [1.165, 1.54) is 49.7 Å². The molecular weight excluding hydrogens is 839 g/mol. The Morgan fingerprint density at radius 3 is 1.68 bits per heavy atom. The van der Waals surface area contributed by atoms with Crippen LogP contribution in [0.1, 0.15) is 51.5 Å². The van der Waals surface area contributed by atoms with Gasteiger partial charge in [0.2, 0.25) is 0 Å². The first kappa shape index (κ1) is 39.3. The molecule has 4 nitrogen and oxygen atoms in total. The number of para-hydroxylation sites is 1. The summed E-state index contributed by atoms with van der Waals surface area (Å²) in [5, 5.41) is 4.52. The average molecular weight is 882 g/mol. The van der Waals surface area contributed by atoms with Crippen molar-refractivity contribution in [3.05, 3.63) is 282 Å². The summed E-state index contributed by atoms with van der Waals surface area (Å²) < 4.78 is 9.12. The van der Waals surface area contributed by atoms with Crippen LogP contribution in [0, 0.1) is 0 Å². The topological polar surface area (TPSA) is 42.8 Å². The fourth-order valence-electron chi connectivity index (χ4n) is 11.6. The lowest BCUT2D eigenvalue weighted by molar-refractivity contribution is 0.667. The highest BCUT2D eigenvalue weighted by molar-refractivity contribution is 6.20. The van der Waals surface area contributed by atoms with Crippen molar-refractivity contribution in [2.45, 2.75) is 18.0 Å². The van der Waals surface area contributed by atoms with E-state index in [1.54, 1.807) is 0 Å². The Kier molecular flexibility index (Phi) is 8.90. The minimum atomic E-state index is -0.506. The van der Waals surface area contributed by atoms with Crippen LogP contribution in [0.25, 0.3) is 71.7 Å². The van der Waals surface area contributed by atoms with Crippen molar-refractivity contribution < 1.29 is 4.42 Å². The van der Waals surface area contributed by atoms with E-state index in [4.69, 9.17) is 14.4 Å². The number of nitrogens with zero attached hydrogens (tertiary/aromatic N) is 3. The second-order valence-electron chi connectivity index (χ2n) is 18.3. The molecule has 0 saturated heterocycles. The molecule has 0 spiro atoms. The largest absolute Gasteiger partial charge is 0.456 e. The van der Waals surface area contributed by atoms with Gasteiger partial charge >= 0.3 is 0 Å². The Balaban J connectivity index is 0.977. The second-order valence-corrected chi connectivity index (χ2v) is 18.3. The number of benzene rings is 10. The molecule has 4 heteroatoms.